The Balaban J connectivity index is 1.73. The van der Waals surface area contributed by atoms with Crippen LogP contribution < -0.4 is 5.32 Å². The van der Waals surface area contributed by atoms with Gasteiger partial charge in [0.15, 0.2) is 5.13 Å². The van der Waals surface area contributed by atoms with E-state index < -0.39 is 0 Å². The van der Waals surface area contributed by atoms with Crippen LogP contribution in [0, 0.1) is 0 Å². The molecule has 1 aromatic rings. The first-order chi connectivity index (χ1) is 7.38. The quantitative estimate of drug-likeness (QED) is 0.770. The molecule has 0 bridgehead atoms. The Hall–Kier alpha value is -0.830. The predicted octanol–water partition coefficient (Wildman–Crippen LogP) is 3.62. The zero-order chi connectivity index (χ0) is 10.5. The van der Waals surface area contributed by atoms with Gasteiger partial charge in [-0.1, -0.05) is 18.6 Å². The van der Waals surface area contributed by atoms with E-state index in [1.165, 1.54) is 31.4 Å². The van der Waals surface area contributed by atoms with E-state index >= 15 is 0 Å². The lowest BCUT2D eigenvalue weighted by Crippen LogP contribution is -2.01. The highest BCUT2D eigenvalue weighted by molar-refractivity contribution is 7.13. The Kier molecular flexibility index (Phi) is 3.78. The fourth-order valence-electron chi connectivity index (χ4n) is 1.84. The highest BCUT2D eigenvalue weighted by Gasteiger charge is 2.04. The van der Waals surface area contributed by atoms with Crippen LogP contribution in [0.3, 0.4) is 0 Å². The van der Waals surface area contributed by atoms with E-state index in [0.717, 1.165) is 18.1 Å². The number of thiazole rings is 1. The van der Waals surface area contributed by atoms with Gasteiger partial charge in [-0.25, -0.2) is 4.98 Å². The van der Waals surface area contributed by atoms with Crippen LogP contribution in [0.4, 0.5) is 5.13 Å². The van der Waals surface area contributed by atoms with Crippen LogP contribution in [0.2, 0.25) is 0 Å². The maximum atomic E-state index is 4.48. The molecule has 1 N–H and O–H groups in total. The standard InChI is InChI=1S/C12H18N2S/c1-2-11-9-15-12(14-11)13-8-7-10-5-3-4-6-10/h5,9H,2-4,6-8H2,1H3,(H,13,14). The minimum absolute atomic E-state index is 1.03. The third-order valence-electron chi connectivity index (χ3n) is 2.77. The minimum atomic E-state index is 1.03. The van der Waals surface area contributed by atoms with E-state index in [1.54, 1.807) is 16.9 Å². The van der Waals surface area contributed by atoms with Crippen molar-refractivity contribution in [3.05, 3.63) is 22.7 Å². The molecule has 0 saturated carbocycles. The van der Waals surface area contributed by atoms with Crippen LogP contribution in [0.1, 0.15) is 38.3 Å². The summed E-state index contributed by atoms with van der Waals surface area (Å²) in [6, 6.07) is 0. The number of aromatic nitrogens is 1. The second kappa shape index (κ2) is 5.31. The molecule has 0 saturated heterocycles. The fourth-order valence-corrected chi connectivity index (χ4v) is 2.67. The Bertz CT molecular complexity index is 341. The first-order valence-electron chi connectivity index (χ1n) is 5.74. The molecule has 0 spiro atoms. The van der Waals surface area contributed by atoms with Gasteiger partial charge in [0.1, 0.15) is 0 Å². The Labute approximate surface area is 95.4 Å². The maximum Gasteiger partial charge on any atom is 0.182 e. The molecule has 1 aliphatic carbocycles. The average Bonchev–Trinajstić information content (AvgIpc) is 2.88. The van der Waals surface area contributed by atoms with Gasteiger partial charge in [-0.05, 0) is 32.1 Å². The lowest BCUT2D eigenvalue weighted by molar-refractivity contribution is 0.862. The summed E-state index contributed by atoms with van der Waals surface area (Å²) in [5, 5.41) is 6.60. The van der Waals surface area contributed by atoms with Gasteiger partial charge in [0.2, 0.25) is 0 Å². The van der Waals surface area contributed by atoms with E-state index in [0.29, 0.717) is 0 Å². The van der Waals surface area contributed by atoms with Crippen molar-refractivity contribution < 1.29 is 0 Å². The predicted molar refractivity (Wildman–Crippen MR) is 66.5 cm³/mol. The van der Waals surface area contributed by atoms with Crippen LogP contribution >= 0.6 is 11.3 Å². The molecular formula is C12H18N2S. The van der Waals surface area contributed by atoms with E-state index in [-0.39, 0.29) is 0 Å². The van der Waals surface area contributed by atoms with Crippen molar-refractivity contribution in [3.63, 3.8) is 0 Å². The van der Waals surface area contributed by atoms with Crippen LogP contribution in [-0.2, 0) is 6.42 Å². The smallest absolute Gasteiger partial charge is 0.182 e. The number of aryl methyl sites for hydroxylation is 1. The molecule has 1 heterocycles. The van der Waals surface area contributed by atoms with Gasteiger partial charge in [0.05, 0.1) is 5.69 Å². The van der Waals surface area contributed by atoms with Gasteiger partial charge in [0, 0.05) is 11.9 Å². The molecule has 82 valence electrons. The second-order valence-electron chi connectivity index (χ2n) is 3.93. The van der Waals surface area contributed by atoms with Gasteiger partial charge >= 0.3 is 0 Å². The zero-order valence-electron chi connectivity index (χ0n) is 9.25. The monoisotopic (exact) mass is 222 g/mol. The summed E-state index contributed by atoms with van der Waals surface area (Å²) in [5.74, 6) is 0. The first-order valence-corrected chi connectivity index (χ1v) is 6.62. The first kappa shape index (κ1) is 10.7. The summed E-state index contributed by atoms with van der Waals surface area (Å²) in [6.07, 6.45) is 8.55. The summed E-state index contributed by atoms with van der Waals surface area (Å²) in [4.78, 5) is 4.48. The Morgan fingerprint density at radius 3 is 3.13 bits per heavy atom. The molecule has 0 aromatic carbocycles. The van der Waals surface area contributed by atoms with Crippen LogP contribution in [0.5, 0.6) is 0 Å². The van der Waals surface area contributed by atoms with Crippen LogP contribution in [-0.4, -0.2) is 11.5 Å². The molecule has 2 nitrogen and oxygen atoms in total. The molecule has 0 amide bonds. The summed E-state index contributed by atoms with van der Waals surface area (Å²) in [6.45, 7) is 3.17. The zero-order valence-corrected chi connectivity index (χ0v) is 10.1. The third-order valence-corrected chi connectivity index (χ3v) is 3.62. The van der Waals surface area contributed by atoms with Crippen molar-refractivity contribution >= 4 is 16.5 Å². The molecule has 1 aromatic heterocycles. The lowest BCUT2D eigenvalue weighted by atomic mass is 10.2. The van der Waals surface area contributed by atoms with Gasteiger partial charge < -0.3 is 5.32 Å². The van der Waals surface area contributed by atoms with Crippen molar-refractivity contribution in [1.82, 2.24) is 4.98 Å². The SMILES string of the molecule is CCc1csc(NCCC2=CCCC2)n1. The number of hydrogen-bond donors (Lipinski definition) is 1. The van der Waals surface area contributed by atoms with E-state index in [9.17, 15) is 0 Å². The molecule has 0 radical (unpaired) electrons. The molecule has 1 aliphatic rings. The number of nitrogens with one attached hydrogen (secondary N) is 1. The normalized spacial score (nSPS) is 15.4. The highest BCUT2D eigenvalue weighted by Crippen LogP contribution is 2.21. The maximum absolute atomic E-state index is 4.48. The van der Waals surface area contributed by atoms with Crippen molar-refractivity contribution in [2.24, 2.45) is 0 Å². The van der Waals surface area contributed by atoms with Crippen molar-refractivity contribution in [2.45, 2.75) is 39.0 Å². The van der Waals surface area contributed by atoms with Gasteiger partial charge in [-0.3, -0.25) is 0 Å². The third kappa shape index (κ3) is 3.06. The highest BCUT2D eigenvalue weighted by atomic mass is 32.1. The van der Waals surface area contributed by atoms with Gasteiger partial charge in [-0.15, -0.1) is 11.3 Å². The van der Waals surface area contributed by atoms with Crippen molar-refractivity contribution in [2.75, 3.05) is 11.9 Å². The average molecular weight is 222 g/mol. The number of rotatable bonds is 5. The van der Waals surface area contributed by atoms with Crippen molar-refractivity contribution in [1.29, 1.82) is 0 Å². The van der Waals surface area contributed by atoms with Gasteiger partial charge in [0.25, 0.3) is 0 Å². The van der Waals surface area contributed by atoms with Gasteiger partial charge in [-0.2, -0.15) is 0 Å². The van der Waals surface area contributed by atoms with Crippen LogP contribution in [0.15, 0.2) is 17.0 Å². The van der Waals surface area contributed by atoms with Crippen molar-refractivity contribution in [3.8, 4) is 0 Å². The van der Waals surface area contributed by atoms with Crippen LogP contribution in [0.25, 0.3) is 0 Å². The fraction of sp³-hybridized carbons (Fsp3) is 0.583. The molecule has 0 atom stereocenters. The number of nitrogens with zero attached hydrogens (tertiary/aromatic N) is 1. The molecular weight excluding hydrogens is 204 g/mol. The Morgan fingerprint density at radius 2 is 2.47 bits per heavy atom. The summed E-state index contributed by atoms with van der Waals surface area (Å²) < 4.78 is 0. The summed E-state index contributed by atoms with van der Waals surface area (Å²) in [7, 11) is 0. The summed E-state index contributed by atoms with van der Waals surface area (Å²) in [5.41, 5.74) is 2.82. The molecule has 0 aliphatic heterocycles. The second-order valence-corrected chi connectivity index (χ2v) is 4.79. The lowest BCUT2D eigenvalue weighted by Gasteiger charge is -2.02. The minimum Gasteiger partial charge on any atom is -0.361 e. The van der Waals surface area contributed by atoms with E-state index in [4.69, 9.17) is 0 Å². The largest absolute Gasteiger partial charge is 0.361 e. The van der Waals surface area contributed by atoms with E-state index in [1.807, 2.05) is 0 Å². The molecule has 0 unspecified atom stereocenters. The van der Waals surface area contributed by atoms with E-state index in [2.05, 4.69) is 28.7 Å². The molecule has 2 rings (SSSR count). The Morgan fingerprint density at radius 1 is 1.53 bits per heavy atom. The molecule has 0 fully saturated rings. The molecule has 3 heteroatoms. The number of allylic oxidation sites excluding steroid dienone is 1. The number of hydrogen-bond acceptors (Lipinski definition) is 3. The number of anilines is 1. The topological polar surface area (TPSA) is 24.9 Å². The summed E-state index contributed by atoms with van der Waals surface area (Å²) >= 11 is 1.71. The molecule has 15 heavy (non-hydrogen) atoms.